The lowest BCUT2D eigenvalue weighted by molar-refractivity contribution is -0.572. The number of hydrogen-bond acceptors (Lipinski definition) is 7. The molecule has 256 valence electrons. The van der Waals surface area contributed by atoms with E-state index in [0.717, 1.165) is 5.56 Å². The van der Waals surface area contributed by atoms with Crippen molar-refractivity contribution in [2.24, 2.45) is 16.7 Å². The van der Waals surface area contributed by atoms with Crippen molar-refractivity contribution < 1.29 is 63.3 Å². The minimum Gasteiger partial charge on any atom is -0.456 e. The molecule has 0 aliphatic rings. The monoisotopic (exact) mass is 686 g/mol. The topological polar surface area (TPSA) is 67.1 Å². The average Bonchev–Trinajstić information content (AvgIpc) is 3.30. The molecular formula is C31H34F8O6S. The SMILES string of the molecule is CC(C)(C)CC(C(=O)OCC(F)(F)OC(F)(F)OC(F)(F)OC(F)(F)CSc1ccc2cc(-c3ccccc3)oc2c1)C(C)(C)C. The fourth-order valence-electron chi connectivity index (χ4n) is 4.21. The summed E-state index contributed by atoms with van der Waals surface area (Å²) in [5.41, 5.74) is -0.163. The van der Waals surface area contributed by atoms with Crippen LogP contribution in [0, 0.1) is 16.7 Å². The van der Waals surface area contributed by atoms with Gasteiger partial charge in [-0.2, -0.15) is 17.6 Å². The first-order valence-corrected chi connectivity index (χ1v) is 14.8. The van der Waals surface area contributed by atoms with Crippen LogP contribution in [0.15, 0.2) is 63.9 Å². The summed E-state index contributed by atoms with van der Waals surface area (Å²) in [7, 11) is 0. The largest absolute Gasteiger partial charge is 0.496 e. The number of carbonyl (C=O) groups is 1. The molecule has 3 aromatic rings. The number of alkyl halides is 8. The fourth-order valence-corrected chi connectivity index (χ4v) is 4.96. The Morgan fingerprint density at radius 1 is 0.783 bits per heavy atom. The van der Waals surface area contributed by atoms with Crippen LogP contribution in [-0.2, 0) is 23.7 Å². The highest BCUT2D eigenvalue weighted by molar-refractivity contribution is 7.99. The highest BCUT2D eigenvalue weighted by Gasteiger charge is 2.57. The standard InChI is InChI=1S/C31H34F8O6S/c1-26(2,3)16-22(27(4,5)6)25(40)41-17-28(32,33)43-30(36,37)45-31(38,39)44-29(34,35)18-46-21-13-12-20-14-23(42-24(20)15-21)19-10-8-7-9-11-19/h7-15,22H,16-18H2,1-6H3. The van der Waals surface area contributed by atoms with Crippen LogP contribution in [0.25, 0.3) is 22.3 Å². The van der Waals surface area contributed by atoms with Crippen LogP contribution in [-0.4, -0.2) is 43.1 Å². The van der Waals surface area contributed by atoms with E-state index in [2.05, 4.69) is 18.9 Å². The van der Waals surface area contributed by atoms with Crippen LogP contribution in [0.2, 0.25) is 0 Å². The Morgan fingerprint density at radius 2 is 1.37 bits per heavy atom. The van der Waals surface area contributed by atoms with E-state index in [1.54, 1.807) is 77.9 Å². The maximum absolute atomic E-state index is 14.2. The molecule has 0 amide bonds. The van der Waals surface area contributed by atoms with E-state index in [0.29, 0.717) is 28.5 Å². The van der Waals surface area contributed by atoms with Crippen molar-refractivity contribution in [1.82, 2.24) is 0 Å². The number of ether oxygens (including phenoxy) is 4. The smallest absolute Gasteiger partial charge is 0.456 e. The molecule has 1 unspecified atom stereocenters. The van der Waals surface area contributed by atoms with Crippen molar-refractivity contribution >= 4 is 28.7 Å². The predicted molar refractivity (Wildman–Crippen MR) is 153 cm³/mol. The molecule has 0 saturated heterocycles. The van der Waals surface area contributed by atoms with Crippen LogP contribution >= 0.6 is 11.8 Å². The summed E-state index contributed by atoms with van der Waals surface area (Å²) < 4.78 is 132. The van der Waals surface area contributed by atoms with Gasteiger partial charge in [0, 0.05) is 15.8 Å². The third kappa shape index (κ3) is 11.7. The second kappa shape index (κ2) is 13.7. The number of furan rings is 1. The van der Waals surface area contributed by atoms with Gasteiger partial charge in [0.2, 0.25) is 0 Å². The first-order valence-electron chi connectivity index (χ1n) is 13.9. The molecule has 2 aromatic carbocycles. The Hall–Kier alpha value is -2.88. The molecule has 6 nitrogen and oxygen atoms in total. The van der Waals surface area contributed by atoms with E-state index < -0.39 is 59.9 Å². The van der Waals surface area contributed by atoms with Crippen LogP contribution in [0.5, 0.6) is 0 Å². The van der Waals surface area contributed by atoms with Gasteiger partial charge in [0.15, 0.2) is 6.61 Å². The number of benzene rings is 2. The number of esters is 1. The Morgan fingerprint density at radius 3 is 1.93 bits per heavy atom. The fraction of sp³-hybridized carbons (Fsp3) is 0.516. The summed E-state index contributed by atoms with van der Waals surface area (Å²) in [5, 5.41) is 0.624. The van der Waals surface area contributed by atoms with Gasteiger partial charge >= 0.3 is 30.8 Å². The molecule has 0 fully saturated rings. The quantitative estimate of drug-likeness (QED) is 0.0724. The Labute approximate surface area is 264 Å². The van der Waals surface area contributed by atoms with Crippen molar-refractivity contribution in [3.8, 4) is 11.3 Å². The first kappa shape index (κ1) is 37.6. The predicted octanol–water partition coefficient (Wildman–Crippen LogP) is 10.2. The number of thioether (sulfide) groups is 1. The number of fused-ring (bicyclic) bond motifs is 1. The van der Waals surface area contributed by atoms with Crippen LogP contribution in [0.3, 0.4) is 0 Å². The summed E-state index contributed by atoms with van der Waals surface area (Å²) in [5.74, 6) is -3.12. The molecular weight excluding hydrogens is 652 g/mol. The molecule has 0 saturated carbocycles. The number of halogens is 8. The lowest BCUT2D eigenvalue weighted by Gasteiger charge is -2.34. The van der Waals surface area contributed by atoms with Gasteiger partial charge < -0.3 is 9.15 Å². The first-order chi connectivity index (χ1) is 20.9. The zero-order valence-corrected chi connectivity index (χ0v) is 26.6. The highest BCUT2D eigenvalue weighted by Crippen LogP contribution is 2.40. The maximum Gasteiger partial charge on any atom is 0.496 e. The number of hydrogen-bond donors (Lipinski definition) is 0. The van der Waals surface area contributed by atoms with Gasteiger partial charge in [-0.15, -0.1) is 29.3 Å². The molecule has 0 N–H and O–H groups in total. The molecule has 0 aliphatic heterocycles. The second-order valence-corrected chi connectivity index (χ2v) is 13.8. The van der Waals surface area contributed by atoms with E-state index >= 15 is 0 Å². The van der Waals surface area contributed by atoms with Gasteiger partial charge in [0.05, 0.1) is 11.7 Å². The minimum absolute atomic E-state index is 0.132. The number of rotatable bonds is 14. The molecule has 0 radical (unpaired) electrons. The molecule has 1 atom stereocenters. The van der Waals surface area contributed by atoms with Crippen LogP contribution in [0.4, 0.5) is 35.1 Å². The van der Waals surface area contributed by atoms with Gasteiger partial charge in [0.1, 0.15) is 11.3 Å². The third-order valence-electron chi connectivity index (χ3n) is 6.26. The summed E-state index contributed by atoms with van der Waals surface area (Å²) >= 11 is 0.321. The molecule has 0 bridgehead atoms. The average molecular weight is 687 g/mol. The zero-order valence-electron chi connectivity index (χ0n) is 25.8. The van der Waals surface area contributed by atoms with E-state index in [9.17, 15) is 39.9 Å². The van der Waals surface area contributed by atoms with E-state index in [1.165, 1.54) is 18.2 Å². The summed E-state index contributed by atoms with van der Waals surface area (Å²) in [4.78, 5) is 12.6. The van der Waals surface area contributed by atoms with Gasteiger partial charge in [-0.25, -0.2) is 14.2 Å². The second-order valence-electron chi connectivity index (χ2n) is 12.8. The Kier molecular flexibility index (Phi) is 11.2. The number of carbonyl (C=O) groups excluding carboxylic acids is 1. The summed E-state index contributed by atoms with van der Waals surface area (Å²) in [6, 6.07) is 14.9. The minimum atomic E-state index is -5.85. The van der Waals surface area contributed by atoms with E-state index in [-0.39, 0.29) is 11.3 Å². The lowest BCUT2D eigenvalue weighted by Crippen LogP contribution is -2.46. The maximum atomic E-state index is 14.2. The lowest BCUT2D eigenvalue weighted by atomic mass is 9.72. The van der Waals surface area contributed by atoms with Crippen LogP contribution < -0.4 is 0 Å². The van der Waals surface area contributed by atoms with Crippen molar-refractivity contribution in [2.75, 3.05) is 12.4 Å². The van der Waals surface area contributed by atoms with Crippen molar-refractivity contribution in [2.45, 2.75) is 77.7 Å². The molecule has 3 rings (SSSR count). The molecule has 1 aromatic heterocycles. The van der Waals surface area contributed by atoms with Crippen molar-refractivity contribution in [3.63, 3.8) is 0 Å². The van der Waals surface area contributed by atoms with Crippen LogP contribution in [0.1, 0.15) is 48.0 Å². The Balaban J connectivity index is 1.57. The van der Waals surface area contributed by atoms with Gasteiger partial charge in [-0.1, -0.05) is 71.9 Å². The molecule has 0 spiro atoms. The third-order valence-corrected chi connectivity index (χ3v) is 7.33. The Bertz CT molecular complexity index is 1470. The highest BCUT2D eigenvalue weighted by atomic mass is 32.2. The van der Waals surface area contributed by atoms with Crippen molar-refractivity contribution in [1.29, 1.82) is 0 Å². The van der Waals surface area contributed by atoms with Crippen molar-refractivity contribution in [3.05, 3.63) is 54.6 Å². The molecule has 15 heteroatoms. The van der Waals surface area contributed by atoms with Gasteiger partial charge in [-0.3, -0.25) is 4.79 Å². The molecule has 1 heterocycles. The van der Waals surface area contributed by atoms with Gasteiger partial charge in [-0.05, 0) is 41.5 Å². The summed E-state index contributed by atoms with van der Waals surface area (Å²) in [6.07, 6.45) is -21.3. The van der Waals surface area contributed by atoms with E-state index in [1.807, 2.05) is 0 Å². The van der Waals surface area contributed by atoms with Gasteiger partial charge in [0.25, 0.3) is 0 Å². The molecule has 0 aliphatic carbocycles. The summed E-state index contributed by atoms with van der Waals surface area (Å²) in [6.45, 7) is 8.15. The van der Waals surface area contributed by atoms with E-state index in [4.69, 9.17) is 4.42 Å². The normalized spacial score (nSPS) is 14.5. The molecule has 46 heavy (non-hydrogen) atoms. The zero-order chi connectivity index (χ0) is 34.8.